The van der Waals surface area contributed by atoms with Crippen molar-refractivity contribution in [3.05, 3.63) is 64.8 Å². The second-order valence-electron chi connectivity index (χ2n) is 8.09. The minimum absolute atomic E-state index is 0.0465. The number of amides is 1. The number of hydrogen-bond donors (Lipinski definition) is 0. The van der Waals surface area contributed by atoms with Gasteiger partial charge >= 0.3 is 0 Å². The van der Waals surface area contributed by atoms with Crippen LogP contribution in [0.15, 0.2) is 48.5 Å². The number of ether oxygens (including phenoxy) is 1. The lowest BCUT2D eigenvalue weighted by Gasteiger charge is -2.23. The molecule has 1 unspecified atom stereocenters. The Labute approximate surface area is 186 Å². The molecule has 0 saturated carbocycles. The normalized spacial score (nSPS) is 16.6. The Balaban J connectivity index is 1.66. The molecule has 1 fully saturated rings. The van der Waals surface area contributed by atoms with Gasteiger partial charge in [-0.15, -0.1) is 0 Å². The first-order valence-electron chi connectivity index (χ1n) is 10.3. The molecule has 1 aliphatic rings. The van der Waals surface area contributed by atoms with Crippen molar-refractivity contribution in [1.82, 2.24) is 14.4 Å². The van der Waals surface area contributed by atoms with Crippen LogP contribution in [0, 0.1) is 0 Å². The van der Waals surface area contributed by atoms with Gasteiger partial charge in [-0.1, -0.05) is 29.8 Å². The molecule has 0 radical (unpaired) electrons. The minimum Gasteiger partial charge on any atom is -0.487 e. The van der Waals surface area contributed by atoms with Crippen LogP contribution in [0.4, 0.5) is 0 Å². The van der Waals surface area contributed by atoms with Crippen LogP contribution >= 0.6 is 11.6 Å². The lowest BCUT2D eigenvalue weighted by molar-refractivity contribution is -0.126. The third-order valence-electron chi connectivity index (χ3n) is 6.07. The maximum atomic E-state index is 13.4. The Bertz CT molecular complexity index is 1120. The standard InChI is InChI=1S/C24H26ClN3O3/c1-26-13-12-17(14-26)27(2)24(30)23(29)22-19-6-4-5-7-20(19)28(3)21(22)15-31-18-10-8-16(25)9-11-18/h4-11,17H,12-15H2,1-3H3. The molecule has 1 aromatic heterocycles. The number of hydrogen-bond acceptors (Lipinski definition) is 4. The molecule has 1 saturated heterocycles. The average molecular weight is 440 g/mol. The lowest BCUT2D eigenvalue weighted by atomic mass is 10.0. The fourth-order valence-electron chi connectivity index (χ4n) is 4.21. The molecule has 4 rings (SSSR count). The monoisotopic (exact) mass is 439 g/mol. The Hall–Kier alpha value is -2.83. The number of carbonyl (C=O) groups is 2. The van der Waals surface area contributed by atoms with Crippen LogP contribution in [0.1, 0.15) is 22.5 Å². The molecule has 1 atom stereocenters. The lowest BCUT2D eigenvalue weighted by Crippen LogP contribution is -2.42. The largest absolute Gasteiger partial charge is 0.487 e. The predicted molar refractivity (Wildman–Crippen MR) is 122 cm³/mol. The van der Waals surface area contributed by atoms with Crippen molar-refractivity contribution in [3.63, 3.8) is 0 Å². The maximum Gasteiger partial charge on any atom is 0.295 e. The summed E-state index contributed by atoms with van der Waals surface area (Å²) in [4.78, 5) is 30.3. The first-order valence-corrected chi connectivity index (χ1v) is 10.7. The number of aromatic nitrogens is 1. The molecule has 1 amide bonds. The first-order chi connectivity index (χ1) is 14.9. The summed E-state index contributed by atoms with van der Waals surface area (Å²) >= 11 is 5.95. The van der Waals surface area contributed by atoms with Crippen molar-refractivity contribution in [1.29, 1.82) is 0 Å². The van der Waals surface area contributed by atoms with Gasteiger partial charge in [-0.05, 0) is 50.3 Å². The number of carbonyl (C=O) groups excluding carboxylic acids is 2. The van der Waals surface area contributed by atoms with E-state index in [-0.39, 0.29) is 12.6 Å². The quantitative estimate of drug-likeness (QED) is 0.433. The molecule has 7 heteroatoms. The Morgan fingerprint density at radius 2 is 1.84 bits per heavy atom. The Kier molecular flexibility index (Phi) is 6.03. The van der Waals surface area contributed by atoms with E-state index in [9.17, 15) is 9.59 Å². The summed E-state index contributed by atoms with van der Waals surface area (Å²) in [5.74, 6) is -0.335. The number of likely N-dealkylation sites (N-methyl/N-ethyl adjacent to an activating group) is 2. The van der Waals surface area contributed by atoms with E-state index in [0.717, 1.165) is 30.4 Å². The van der Waals surface area contributed by atoms with Crippen molar-refractivity contribution in [2.75, 3.05) is 27.2 Å². The van der Waals surface area contributed by atoms with Gasteiger partial charge in [-0.3, -0.25) is 9.59 Å². The van der Waals surface area contributed by atoms with E-state index in [1.165, 1.54) is 0 Å². The van der Waals surface area contributed by atoms with E-state index >= 15 is 0 Å². The summed E-state index contributed by atoms with van der Waals surface area (Å²) in [6, 6.07) is 14.7. The number of ketones is 1. The summed E-state index contributed by atoms with van der Waals surface area (Å²) in [6.45, 7) is 1.86. The van der Waals surface area contributed by atoms with Crippen molar-refractivity contribution in [3.8, 4) is 5.75 Å². The van der Waals surface area contributed by atoms with E-state index < -0.39 is 11.7 Å². The van der Waals surface area contributed by atoms with Gasteiger partial charge in [0.15, 0.2) is 0 Å². The average Bonchev–Trinajstić information content (AvgIpc) is 3.33. The molecule has 0 N–H and O–H groups in total. The molecule has 6 nitrogen and oxygen atoms in total. The number of fused-ring (bicyclic) bond motifs is 1. The summed E-state index contributed by atoms with van der Waals surface area (Å²) in [7, 11) is 5.63. The number of halogens is 1. The van der Waals surface area contributed by atoms with Gasteiger partial charge in [0, 0.05) is 42.6 Å². The number of likely N-dealkylation sites (tertiary alicyclic amines) is 1. The molecular weight excluding hydrogens is 414 g/mol. The maximum absolute atomic E-state index is 13.4. The highest BCUT2D eigenvalue weighted by atomic mass is 35.5. The number of Topliss-reactive ketones (excluding diaryl/α,β-unsaturated/α-hetero) is 1. The molecule has 2 aromatic carbocycles. The van der Waals surface area contributed by atoms with Gasteiger partial charge < -0.3 is 19.1 Å². The second-order valence-corrected chi connectivity index (χ2v) is 8.53. The number of nitrogens with zero attached hydrogens (tertiary/aromatic N) is 3. The molecule has 0 bridgehead atoms. The highest BCUT2D eigenvalue weighted by Crippen LogP contribution is 2.28. The molecule has 3 aromatic rings. The van der Waals surface area contributed by atoms with Gasteiger partial charge in [0.2, 0.25) is 0 Å². The van der Waals surface area contributed by atoms with Crippen LogP contribution in [0.2, 0.25) is 5.02 Å². The third kappa shape index (κ3) is 4.18. The molecule has 2 heterocycles. The van der Waals surface area contributed by atoms with Crippen molar-refractivity contribution in [2.24, 2.45) is 7.05 Å². The predicted octanol–water partition coefficient (Wildman–Crippen LogP) is 3.76. The highest BCUT2D eigenvalue weighted by molar-refractivity contribution is 6.45. The zero-order valence-corrected chi connectivity index (χ0v) is 18.7. The highest BCUT2D eigenvalue weighted by Gasteiger charge is 2.33. The fourth-order valence-corrected chi connectivity index (χ4v) is 4.34. The van der Waals surface area contributed by atoms with Crippen LogP contribution in [-0.4, -0.2) is 59.3 Å². The van der Waals surface area contributed by atoms with Crippen LogP contribution in [0.25, 0.3) is 10.9 Å². The Morgan fingerprint density at radius 1 is 1.13 bits per heavy atom. The molecule has 1 aliphatic heterocycles. The summed E-state index contributed by atoms with van der Waals surface area (Å²) in [5.41, 5.74) is 1.97. The smallest absolute Gasteiger partial charge is 0.295 e. The summed E-state index contributed by atoms with van der Waals surface area (Å²) in [6.07, 6.45) is 0.869. The zero-order chi connectivity index (χ0) is 22.1. The molecule has 31 heavy (non-hydrogen) atoms. The SMILES string of the molecule is CN1CCC(N(C)C(=O)C(=O)c2c(COc3ccc(Cl)cc3)n(C)c3ccccc23)C1. The molecule has 0 spiro atoms. The van der Waals surface area contributed by atoms with E-state index in [1.54, 1.807) is 36.2 Å². The van der Waals surface area contributed by atoms with Gasteiger partial charge in [0.1, 0.15) is 12.4 Å². The number of para-hydroxylation sites is 1. The third-order valence-corrected chi connectivity index (χ3v) is 6.33. The molecular formula is C24H26ClN3O3. The molecule has 0 aliphatic carbocycles. The van der Waals surface area contributed by atoms with Crippen LogP contribution < -0.4 is 4.74 Å². The van der Waals surface area contributed by atoms with E-state index in [4.69, 9.17) is 16.3 Å². The second kappa shape index (κ2) is 8.73. The summed E-state index contributed by atoms with van der Waals surface area (Å²) < 4.78 is 7.86. The van der Waals surface area contributed by atoms with Crippen molar-refractivity contribution >= 4 is 34.2 Å². The van der Waals surface area contributed by atoms with E-state index in [1.807, 2.05) is 42.9 Å². The summed E-state index contributed by atoms with van der Waals surface area (Å²) in [5, 5.41) is 1.38. The van der Waals surface area contributed by atoms with E-state index in [2.05, 4.69) is 4.90 Å². The number of benzene rings is 2. The van der Waals surface area contributed by atoms with Gasteiger partial charge in [-0.2, -0.15) is 0 Å². The first kappa shape index (κ1) is 21.4. The topological polar surface area (TPSA) is 54.8 Å². The zero-order valence-electron chi connectivity index (χ0n) is 18.0. The van der Waals surface area contributed by atoms with Crippen LogP contribution in [0.5, 0.6) is 5.75 Å². The molecule has 162 valence electrons. The minimum atomic E-state index is -0.497. The van der Waals surface area contributed by atoms with Crippen LogP contribution in [-0.2, 0) is 18.4 Å². The van der Waals surface area contributed by atoms with Crippen molar-refractivity contribution in [2.45, 2.75) is 19.1 Å². The fraction of sp³-hybridized carbons (Fsp3) is 0.333. The van der Waals surface area contributed by atoms with Gasteiger partial charge in [-0.25, -0.2) is 0 Å². The Morgan fingerprint density at radius 3 is 2.52 bits per heavy atom. The van der Waals surface area contributed by atoms with Gasteiger partial charge in [0.25, 0.3) is 11.7 Å². The number of rotatable bonds is 6. The van der Waals surface area contributed by atoms with E-state index in [0.29, 0.717) is 22.0 Å². The van der Waals surface area contributed by atoms with Crippen molar-refractivity contribution < 1.29 is 14.3 Å². The van der Waals surface area contributed by atoms with Gasteiger partial charge in [0.05, 0.1) is 11.3 Å². The number of aryl methyl sites for hydroxylation is 1. The van der Waals surface area contributed by atoms with Crippen LogP contribution in [0.3, 0.4) is 0 Å².